The molecule has 0 aliphatic carbocycles. The zero-order chi connectivity index (χ0) is 12.9. The first kappa shape index (κ1) is 13.2. The highest BCUT2D eigenvalue weighted by Gasteiger charge is 2.03. The number of anilines is 2. The molecule has 0 atom stereocenters. The average molecular weight is 255 g/mol. The molecule has 1 aromatic rings. The van der Waals surface area contributed by atoms with Gasteiger partial charge in [0, 0.05) is 5.69 Å². The molecule has 0 unspecified atom stereocenters. The molecule has 0 aliphatic heterocycles. The van der Waals surface area contributed by atoms with Crippen molar-refractivity contribution in [1.29, 1.82) is 0 Å². The van der Waals surface area contributed by atoms with E-state index in [1.165, 1.54) is 18.2 Å². The summed E-state index contributed by atoms with van der Waals surface area (Å²) in [5.41, 5.74) is 0.757. The van der Waals surface area contributed by atoms with Crippen LogP contribution in [0.25, 0.3) is 0 Å². The normalized spacial score (nSPS) is 11.4. The van der Waals surface area contributed by atoms with Crippen LogP contribution in [0.5, 0.6) is 0 Å². The molecule has 92 valence electrons. The van der Waals surface area contributed by atoms with Crippen molar-refractivity contribution in [3.8, 4) is 0 Å². The van der Waals surface area contributed by atoms with Gasteiger partial charge in [0.15, 0.2) is 0 Å². The summed E-state index contributed by atoms with van der Waals surface area (Å²) in [5.74, 6) is -0.291. The molecular formula is C10H13N3O3S. The van der Waals surface area contributed by atoms with E-state index in [1.807, 2.05) is 0 Å². The Hall–Kier alpha value is -1.86. The number of rotatable bonds is 4. The maximum atomic E-state index is 11.2. The van der Waals surface area contributed by atoms with Crippen LogP contribution in [0.4, 0.5) is 11.4 Å². The number of allylic oxidation sites excluding steroid dienone is 1. The molecule has 7 heteroatoms. The van der Waals surface area contributed by atoms with Crippen molar-refractivity contribution >= 4 is 27.5 Å². The predicted molar refractivity (Wildman–Crippen MR) is 66.6 cm³/mol. The van der Waals surface area contributed by atoms with Crippen molar-refractivity contribution < 1.29 is 13.2 Å². The van der Waals surface area contributed by atoms with E-state index in [0.29, 0.717) is 5.69 Å². The minimum Gasteiger partial charge on any atom is -0.322 e. The Kier molecular flexibility index (Phi) is 4.24. The van der Waals surface area contributed by atoms with Gasteiger partial charge in [-0.05, 0) is 31.2 Å². The maximum Gasteiger partial charge on any atom is 0.296 e. The Bertz CT molecular complexity index is 537. The molecule has 4 N–H and O–H groups in total. The summed E-state index contributed by atoms with van der Waals surface area (Å²) in [6.45, 7) is 1.72. The van der Waals surface area contributed by atoms with Crippen LogP contribution in [-0.2, 0) is 15.0 Å². The molecule has 0 fully saturated rings. The first-order chi connectivity index (χ1) is 7.90. The summed E-state index contributed by atoms with van der Waals surface area (Å²) in [6.07, 6.45) is 2.96. The standard InChI is InChI=1S/C10H13N3O3S/c1-2-4-10(14)12-8-5-3-6-9(7-8)13-17(11,15)16/h2-7,13H,1H3,(H,12,14)(H2,11,15,16). The van der Waals surface area contributed by atoms with E-state index < -0.39 is 10.2 Å². The topological polar surface area (TPSA) is 101 Å². The Morgan fingerprint density at radius 1 is 1.35 bits per heavy atom. The van der Waals surface area contributed by atoms with Gasteiger partial charge in [0.05, 0.1) is 5.69 Å². The largest absolute Gasteiger partial charge is 0.322 e. The molecule has 17 heavy (non-hydrogen) atoms. The smallest absolute Gasteiger partial charge is 0.296 e. The zero-order valence-corrected chi connectivity index (χ0v) is 9.99. The fraction of sp³-hybridized carbons (Fsp3) is 0.100. The number of hydrogen-bond donors (Lipinski definition) is 3. The van der Waals surface area contributed by atoms with Crippen molar-refractivity contribution in [2.75, 3.05) is 10.0 Å². The quantitative estimate of drug-likeness (QED) is 0.694. The number of nitrogens with one attached hydrogen (secondary N) is 2. The number of nitrogens with two attached hydrogens (primary N) is 1. The molecule has 0 aromatic heterocycles. The molecule has 0 spiro atoms. The number of hydrogen-bond acceptors (Lipinski definition) is 3. The lowest BCUT2D eigenvalue weighted by Gasteiger charge is -2.06. The van der Waals surface area contributed by atoms with E-state index in [1.54, 1.807) is 25.1 Å². The lowest BCUT2D eigenvalue weighted by molar-refractivity contribution is -0.111. The van der Waals surface area contributed by atoms with E-state index in [9.17, 15) is 13.2 Å². The summed E-state index contributed by atoms with van der Waals surface area (Å²) >= 11 is 0. The van der Waals surface area contributed by atoms with Gasteiger partial charge in [-0.2, -0.15) is 8.42 Å². The van der Waals surface area contributed by atoms with Crippen molar-refractivity contribution in [2.24, 2.45) is 5.14 Å². The molecule has 6 nitrogen and oxygen atoms in total. The summed E-state index contributed by atoms with van der Waals surface area (Å²) in [7, 11) is -3.81. The molecular weight excluding hydrogens is 242 g/mol. The molecule has 0 heterocycles. The van der Waals surface area contributed by atoms with Gasteiger partial charge in [0.25, 0.3) is 10.2 Å². The fourth-order valence-corrected chi connectivity index (χ4v) is 1.62. The van der Waals surface area contributed by atoms with Crippen LogP contribution in [0.15, 0.2) is 36.4 Å². The van der Waals surface area contributed by atoms with Crippen LogP contribution >= 0.6 is 0 Å². The molecule has 0 saturated carbocycles. The van der Waals surface area contributed by atoms with E-state index in [2.05, 4.69) is 10.0 Å². The second kappa shape index (κ2) is 5.46. The van der Waals surface area contributed by atoms with Gasteiger partial charge in [-0.1, -0.05) is 12.1 Å². The van der Waals surface area contributed by atoms with Crippen molar-refractivity contribution in [3.63, 3.8) is 0 Å². The van der Waals surface area contributed by atoms with Gasteiger partial charge < -0.3 is 5.32 Å². The Labute approximate surface area is 99.7 Å². The highest BCUT2D eigenvalue weighted by Crippen LogP contribution is 2.15. The van der Waals surface area contributed by atoms with E-state index in [-0.39, 0.29) is 11.6 Å². The number of carbonyl (C=O) groups is 1. The monoisotopic (exact) mass is 255 g/mol. The number of carbonyl (C=O) groups excluding carboxylic acids is 1. The van der Waals surface area contributed by atoms with Crippen LogP contribution < -0.4 is 15.2 Å². The predicted octanol–water partition coefficient (Wildman–Crippen LogP) is 0.817. The summed E-state index contributed by atoms with van der Waals surface area (Å²) in [5, 5.41) is 7.40. The van der Waals surface area contributed by atoms with Crippen molar-refractivity contribution in [2.45, 2.75) is 6.92 Å². The maximum absolute atomic E-state index is 11.2. The lowest BCUT2D eigenvalue weighted by atomic mass is 10.3. The summed E-state index contributed by atoms with van der Waals surface area (Å²) in [6, 6.07) is 6.22. The second-order valence-corrected chi connectivity index (χ2v) is 4.51. The van der Waals surface area contributed by atoms with Crippen LogP contribution in [0.3, 0.4) is 0 Å². The number of amides is 1. The minimum absolute atomic E-state index is 0.283. The molecule has 0 bridgehead atoms. The van der Waals surface area contributed by atoms with Crippen molar-refractivity contribution in [1.82, 2.24) is 0 Å². The highest BCUT2D eigenvalue weighted by atomic mass is 32.2. The van der Waals surface area contributed by atoms with Gasteiger partial charge in [-0.15, -0.1) is 0 Å². The molecule has 1 amide bonds. The van der Waals surface area contributed by atoms with E-state index in [0.717, 1.165) is 0 Å². The zero-order valence-electron chi connectivity index (χ0n) is 9.17. The molecule has 0 radical (unpaired) electrons. The van der Waals surface area contributed by atoms with Crippen LogP contribution in [0.1, 0.15) is 6.92 Å². The first-order valence-corrected chi connectivity index (χ1v) is 6.29. The average Bonchev–Trinajstić information content (AvgIpc) is 2.15. The third-order valence-corrected chi connectivity index (χ3v) is 2.23. The van der Waals surface area contributed by atoms with Gasteiger partial charge in [0.1, 0.15) is 0 Å². The van der Waals surface area contributed by atoms with Crippen molar-refractivity contribution in [3.05, 3.63) is 36.4 Å². The van der Waals surface area contributed by atoms with Gasteiger partial charge in [-0.25, -0.2) is 5.14 Å². The first-order valence-electron chi connectivity index (χ1n) is 4.75. The van der Waals surface area contributed by atoms with Gasteiger partial charge in [0.2, 0.25) is 5.91 Å². The van der Waals surface area contributed by atoms with Crippen LogP contribution in [0.2, 0.25) is 0 Å². The van der Waals surface area contributed by atoms with E-state index >= 15 is 0 Å². The van der Waals surface area contributed by atoms with Gasteiger partial charge >= 0.3 is 0 Å². The molecule has 1 rings (SSSR count). The minimum atomic E-state index is -3.81. The number of benzene rings is 1. The third kappa shape index (κ3) is 5.14. The van der Waals surface area contributed by atoms with Crippen LogP contribution in [0, 0.1) is 0 Å². The Morgan fingerprint density at radius 3 is 2.59 bits per heavy atom. The third-order valence-electron chi connectivity index (χ3n) is 1.71. The van der Waals surface area contributed by atoms with Gasteiger partial charge in [-0.3, -0.25) is 9.52 Å². The SMILES string of the molecule is CC=CC(=O)Nc1cccc(NS(N)(=O)=O)c1. The molecule has 0 saturated heterocycles. The summed E-state index contributed by atoms with van der Waals surface area (Å²) in [4.78, 5) is 11.2. The molecule has 0 aliphatic rings. The second-order valence-electron chi connectivity index (χ2n) is 3.22. The molecule has 1 aromatic carbocycles. The van der Waals surface area contributed by atoms with E-state index in [4.69, 9.17) is 5.14 Å². The Morgan fingerprint density at radius 2 is 2.00 bits per heavy atom. The fourth-order valence-electron chi connectivity index (χ4n) is 1.16. The summed E-state index contributed by atoms with van der Waals surface area (Å²) < 4.78 is 23.7. The lowest BCUT2D eigenvalue weighted by Crippen LogP contribution is -2.21. The Balaban J connectivity index is 2.83. The van der Waals surface area contributed by atoms with Crippen LogP contribution in [-0.4, -0.2) is 14.3 Å². The highest BCUT2D eigenvalue weighted by molar-refractivity contribution is 7.90.